The minimum Gasteiger partial charge on any atom is -0.388 e. The van der Waals surface area contributed by atoms with E-state index in [1.165, 1.54) is 0 Å². The average molecular weight is 436 g/mol. The third-order valence-electron chi connectivity index (χ3n) is 4.70. The lowest BCUT2D eigenvalue weighted by Crippen LogP contribution is -2.46. The van der Waals surface area contributed by atoms with Crippen LogP contribution in [0.1, 0.15) is 48.2 Å². The first-order chi connectivity index (χ1) is 15.3. The number of amides is 2. The number of benzene rings is 2. The molecule has 0 saturated carbocycles. The zero-order chi connectivity index (χ0) is 23.5. The fraction of sp³-hybridized carbons (Fsp3) is 0.320. The Morgan fingerprint density at radius 2 is 1.53 bits per heavy atom. The van der Waals surface area contributed by atoms with Crippen LogP contribution in [0.2, 0.25) is 0 Å². The average Bonchev–Trinajstić information content (AvgIpc) is 2.80. The van der Waals surface area contributed by atoms with Crippen LogP contribution in [0.3, 0.4) is 0 Å². The third kappa shape index (κ3) is 7.99. The summed E-state index contributed by atoms with van der Waals surface area (Å²) in [5.74, 6) is 5.56. The van der Waals surface area contributed by atoms with E-state index in [1.807, 2.05) is 24.3 Å². The summed E-state index contributed by atoms with van der Waals surface area (Å²) in [6.45, 7) is 3.40. The van der Waals surface area contributed by atoms with Crippen molar-refractivity contribution in [1.82, 2.24) is 5.32 Å². The van der Waals surface area contributed by atoms with Gasteiger partial charge in [-0.05, 0) is 60.9 Å². The van der Waals surface area contributed by atoms with Crippen molar-refractivity contribution in [3.8, 4) is 11.8 Å². The largest absolute Gasteiger partial charge is 0.388 e. The molecule has 0 fully saturated rings. The second kappa shape index (κ2) is 12.4. The quantitative estimate of drug-likeness (QED) is 0.449. The Kier molecular flexibility index (Phi) is 9.61. The van der Waals surface area contributed by atoms with Crippen molar-refractivity contribution in [2.24, 2.45) is 11.7 Å². The van der Waals surface area contributed by atoms with E-state index in [4.69, 9.17) is 10.8 Å². The van der Waals surface area contributed by atoms with Crippen molar-refractivity contribution in [3.05, 3.63) is 65.2 Å². The number of carbonyl (C=O) groups excluding carboxylic acids is 3. The normalized spacial score (nSPS) is 11.3. The third-order valence-corrected chi connectivity index (χ3v) is 4.70. The zero-order valence-electron chi connectivity index (χ0n) is 18.4. The minimum absolute atomic E-state index is 0.000158. The number of nitrogens with one attached hydrogen (secondary N) is 2. The molecule has 0 saturated heterocycles. The summed E-state index contributed by atoms with van der Waals surface area (Å²) >= 11 is 0. The molecular weight excluding hydrogens is 406 g/mol. The topological polar surface area (TPSA) is 122 Å². The maximum absolute atomic E-state index is 12.2. The number of carbonyl (C=O) groups is 3. The van der Waals surface area contributed by atoms with Crippen molar-refractivity contribution >= 4 is 23.3 Å². The molecule has 7 heteroatoms. The van der Waals surface area contributed by atoms with Gasteiger partial charge in [0.25, 0.3) is 5.91 Å². The van der Waals surface area contributed by atoms with Crippen LogP contribution in [-0.4, -0.2) is 41.9 Å². The highest BCUT2D eigenvalue weighted by atomic mass is 16.3. The Morgan fingerprint density at radius 1 is 0.969 bits per heavy atom. The number of aliphatic hydroxyl groups is 1. The van der Waals surface area contributed by atoms with Crippen LogP contribution in [0.25, 0.3) is 0 Å². The van der Waals surface area contributed by atoms with E-state index in [-0.39, 0.29) is 12.5 Å². The number of anilines is 1. The van der Waals surface area contributed by atoms with Crippen LogP contribution < -0.4 is 16.4 Å². The lowest BCUT2D eigenvalue weighted by molar-refractivity contribution is -0.123. The predicted octanol–water partition coefficient (Wildman–Crippen LogP) is 2.08. The van der Waals surface area contributed by atoms with Crippen molar-refractivity contribution < 1.29 is 19.5 Å². The number of hydrogen-bond acceptors (Lipinski definition) is 5. The second-order valence-electron chi connectivity index (χ2n) is 7.77. The van der Waals surface area contributed by atoms with Gasteiger partial charge in [-0.25, -0.2) is 0 Å². The number of Topliss-reactive ketones (excluding diaryl/α,β-unsaturated/α-hetero) is 1. The predicted molar refractivity (Wildman–Crippen MR) is 124 cm³/mol. The molecule has 2 aromatic rings. The molecule has 5 N–H and O–H groups in total. The van der Waals surface area contributed by atoms with Gasteiger partial charge in [0.15, 0.2) is 5.78 Å². The smallest absolute Gasteiger partial charge is 0.251 e. The Balaban J connectivity index is 1.95. The SMILES string of the molecule is CC(C)CCC(=O)Nc1ccc(C#Cc2ccc(C(=O)N[C@@H](CN)C(=O)CO)cc2)cc1. The van der Waals surface area contributed by atoms with Crippen molar-refractivity contribution in [1.29, 1.82) is 0 Å². The van der Waals surface area contributed by atoms with E-state index in [0.717, 1.165) is 23.2 Å². The molecule has 2 amide bonds. The molecule has 0 spiro atoms. The van der Waals surface area contributed by atoms with Crippen LogP contribution in [0.4, 0.5) is 5.69 Å². The highest BCUT2D eigenvalue weighted by Crippen LogP contribution is 2.11. The number of rotatable bonds is 9. The van der Waals surface area contributed by atoms with Gasteiger partial charge >= 0.3 is 0 Å². The van der Waals surface area contributed by atoms with E-state index in [1.54, 1.807) is 24.3 Å². The molecule has 32 heavy (non-hydrogen) atoms. The van der Waals surface area contributed by atoms with E-state index in [0.29, 0.717) is 17.9 Å². The van der Waals surface area contributed by atoms with Crippen molar-refractivity contribution in [3.63, 3.8) is 0 Å². The molecule has 7 nitrogen and oxygen atoms in total. The highest BCUT2D eigenvalue weighted by Gasteiger charge is 2.18. The summed E-state index contributed by atoms with van der Waals surface area (Å²) < 4.78 is 0. The standard InChI is InChI=1S/C25H29N3O4/c1-17(2)3-14-24(31)27-21-12-8-19(9-13-21)5-4-18-6-10-20(11-7-18)25(32)28-22(15-26)23(30)16-29/h6-13,17,22,29H,3,14-16,26H2,1-2H3,(H,27,31)(H,28,32)/t22-/m0/s1. The van der Waals surface area contributed by atoms with E-state index >= 15 is 0 Å². The Labute approximate surface area is 188 Å². The molecular formula is C25H29N3O4. The number of hydrogen-bond donors (Lipinski definition) is 4. The first-order valence-electron chi connectivity index (χ1n) is 10.5. The monoisotopic (exact) mass is 435 g/mol. The molecule has 2 rings (SSSR count). The number of nitrogens with two attached hydrogens (primary N) is 1. The van der Waals surface area contributed by atoms with E-state index in [9.17, 15) is 14.4 Å². The van der Waals surface area contributed by atoms with Crippen LogP contribution >= 0.6 is 0 Å². The summed E-state index contributed by atoms with van der Waals surface area (Å²) in [5, 5.41) is 14.3. The molecule has 0 radical (unpaired) electrons. The first kappa shape index (κ1) is 24.8. The van der Waals surface area contributed by atoms with Crippen LogP contribution in [0.15, 0.2) is 48.5 Å². The molecule has 0 aliphatic carbocycles. The van der Waals surface area contributed by atoms with Gasteiger partial charge in [-0.3, -0.25) is 14.4 Å². The summed E-state index contributed by atoms with van der Waals surface area (Å²) in [6.07, 6.45) is 1.35. The van der Waals surface area contributed by atoms with E-state index in [2.05, 4.69) is 36.3 Å². The molecule has 0 bridgehead atoms. The summed E-state index contributed by atoms with van der Waals surface area (Å²) in [5.41, 5.74) is 8.07. The molecule has 1 atom stereocenters. The second-order valence-corrected chi connectivity index (χ2v) is 7.77. The maximum Gasteiger partial charge on any atom is 0.251 e. The Hall–Kier alpha value is -3.47. The summed E-state index contributed by atoms with van der Waals surface area (Å²) in [6, 6.07) is 13.0. The number of ketones is 1. The summed E-state index contributed by atoms with van der Waals surface area (Å²) in [4.78, 5) is 35.7. The zero-order valence-corrected chi connectivity index (χ0v) is 18.4. The van der Waals surface area contributed by atoms with Gasteiger partial charge in [-0.15, -0.1) is 0 Å². The Bertz CT molecular complexity index is 987. The van der Waals surface area contributed by atoms with E-state index < -0.39 is 24.3 Å². The summed E-state index contributed by atoms with van der Waals surface area (Å²) in [7, 11) is 0. The van der Waals surface area contributed by atoms with Gasteiger partial charge in [0.2, 0.25) is 5.91 Å². The molecule has 168 valence electrons. The van der Waals surface area contributed by atoms with Crippen molar-refractivity contribution in [2.45, 2.75) is 32.7 Å². The fourth-order valence-corrected chi connectivity index (χ4v) is 2.75. The first-order valence-corrected chi connectivity index (χ1v) is 10.5. The fourth-order valence-electron chi connectivity index (χ4n) is 2.75. The van der Waals surface area contributed by atoms with Gasteiger partial charge in [0.05, 0.1) is 0 Å². The lowest BCUT2D eigenvalue weighted by atomic mass is 10.1. The molecule has 0 aliphatic rings. The highest BCUT2D eigenvalue weighted by molar-refractivity contribution is 5.98. The molecule has 0 heterocycles. The van der Waals surface area contributed by atoms with Gasteiger partial charge in [-0.2, -0.15) is 0 Å². The van der Waals surface area contributed by atoms with Crippen LogP contribution in [0.5, 0.6) is 0 Å². The number of aliphatic hydroxyl groups excluding tert-OH is 1. The maximum atomic E-state index is 12.2. The molecule has 0 unspecified atom stereocenters. The van der Waals surface area contributed by atoms with Gasteiger partial charge in [-0.1, -0.05) is 25.7 Å². The lowest BCUT2D eigenvalue weighted by Gasteiger charge is -2.14. The molecule has 0 aliphatic heterocycles. The van der Waals surface area contributed by atoms with Crippen LogP contribution in [-0.2, 0) is 9.59 Å². The Morgan fingerprint density at radius 3 is 2.03 bits per heavy atom. The minimum atomic E-state index is -0.921. The molecule has 2 aromatic carbocycles. The van der Waals surface area contributed by atoms with Gasteiger partial charge in [0, 0.05) is 35.3 Å². The van der Waals surface area contributed by atoms with Gasteiger partial charge < -0.3 is 21.5 Å². The van der Waals surface area contributed by atoms with Gasteiger partial charge in [0.1, 0.15) is 12.6 Å². The molecule has 0 aromatic heterocycles. The van der Waals surface area contributed by atoms with Crippen molar-refractivity contribution in [2.75, 3.05) is 18.5 Å². The van der Waals surface area contributed by atoms with Crippen LogP contribution in [0, 0.1) is 17.8 Å².